The molecule has 220 valence electrons. The predicted octanol–water partition coefficient (Wildman–Crippen LogP) is 7.03. The van der Waals surface area contributed by atoms with E-state index in [1.165, 1.54) is 44.1 Å². The third-order valence-corrected chi connectivity index (χ3v) is 9.47. The van der Waals surface area contributed by atoms with Crippen LogP contribution in [0.4, 0.5) is 4.39 Å². The van der Waals surface area contributed by atoms with E-state index in [2.05, 4.69) is 23.7 Å². The summed E-state index contributed by atoms with van der Waals surface area (Å²) in [5, 5.41) is 14.1. The smallest absolute Gasteiger partial charge is 0.308 e. The molecule has 1 atom stereocenters. The van der Waals surface area contributed by atoms with Gasteiger partial charge >= 0.3 is 5.97 Å². The zero-order valence-corrected chi connectivity index (χ0v) is 24.5. The molecule has 3 aliphatic carbocycles. The van der Waals surface area contributed by atoms with Gasteiger partial charge in [0.05, 0.1) is 25.2 Å². The molecule has 0 unspecified atom stereocenters. The zero-order valence-electron chi connectivity index (χ0n) is 24.5. The van der Waals surface area contributed by atoms with E-state index in [0.717, 1.165) is 62.6 Å². The van der Waals surface area contributed by atoms with Gasteiger partial charge in [-0.2, -0.15) is 0 Å². The number of aromatic nitrogens is 1. The van der Waals surface area contributed by atoms with Crippen molar-refractivity contribution >= 4 is 11.9 Å². The molecule has 1 amide bonds. The number of ether oxygens (including phenoxy) is 1. The quantitative estimate of drug-likeness (QED) is 0.309. The van der Waals surface area contributed by atoms with Crippen LogP contribution in [0.25, 0.3) is 0 Å². The Hall–Kier alpha value is -1.89. The van der Waals surface area contributed by atoms with Crippen LogP contribution in [0, 0.1) is 0 Å². The summed E-state index contributed by atoms with van der Waals surface area (Å²) in [4.78, 5) is 26.0. The fourth-order valence-electron chi connectivity index (χ4n) is 7.49. The molecular weight excluding hydrogens is 495 g/mol. The van der Waals surface area contributed by atoms with Gasteiger partial charge in [0.1, 0.15) is 6.17 Å². The Kier molecular flexibility index (Phi) is 10.9. The van der Waals surface area contributed by atoms with Crippen LogP contribution >= 0.6 is 0 Å². The summed E-state index contributed by atoms with van der Waals surface area (Å²) in [6.45, 7) is 4.84. The highest BCUT2D eigenvalue weighted by molar-refractivity contribution is 5.98. The van der Waals surface area contributed by atoms with E-state index in [-0.39, 0.29) is 30.2 Å². The van der Waals surface area contributed by atoms with Crippen molar-refractivity contribution in [2.24, 2.45) is 0 Å². The maximum absolute atomic E-state index is 14.3. The number of alkyl halides is 1. The third-order valence-electron chi connectivity index (χ3n) is 9.47. The number of halogens is 1. The van der Waals surface area contributed by atoms with Crippen LogP contribution in [-0.4, -0.2) is 47.0 Å². The molecule has 0 aliphatic heterocycles. The van der Waals surface area contributed by atoms with Crippen LogP contribution in [0.3, 0.4) is 0 Å². The first-order valence-corrected chi connectivity index (χ1v) is 15.8. The summed E-state index contributed by atoms with van der Waals surface area (Å²) in [7, 11) is 1.34. The lowest BCUT2D eigenvalue weighted by Crippen LogP contribution is -2.37. The summed E-state index contributed by atoms with van der Waals surface area (Å²) < 4.78 is 21.4. The second kappa shape index (κ2) is 14.1. The average molecular weight is 547 g/mol. The van der Waals surface area contributed by atoms with Crippen molar-refractivity contribution in [1.29, 1.82) is 0 Å². The normalized spacial score (nSPS) is 24.1. The number of hydrogen-bond donors (Lipinski definition) is 2. The molecule has 0 radical (unpaired) electrons. The van der Waals surface area contributed by atoms with Crippen LogP contribution in [0.15, 0.2) is 0 Å². The van der Waals surface area contributed by atoms with Gasteiger partial charge < -0.3 is 19.7 Å². The van der Waals surface area contributed by atoms with E-state index in [0.29, 0.717) is 31.7 Å². The number of hydrogen-bond acceptors (Lipinski definition) is 4. The largest absolute Gasteiger partial charge is 0.469 e. The Morgan fingerprint density at radius 2 is 1.56 bits per heavy atom. The van der Waals surface area contributed by atoms with Crippen LogP contribution in [-0.2, 0) is 16.1 Å². The highest BCUT2D eigenvalue weighted by atomic mass is 19.1. The van der Waals surface area contributed by atoms with Gasteiger partial charge in [0.2, 0.25) is 0 Å². The minimum Gasteiger partial charge on any atom is -0.469 e. The first-order chi connectivity index (χ1) is 18.8. The number of aliphatic hydroxyl groups excluding tert-OH is 1. The molecule has 1 aromatic heterocycles. The number of carbonyl (C=O) groups excluding carboxylic acids is 2. The number of aliphatic hydroxyl groups is 1. The van der Waals surface area contributed by atoms with E-state index < -0.39 is 18.2 Å². The van der Waals surface area contributed by atoms with Gasteiger partial charge in [0.15, 0.2) is 0 Å². The lowest BCUT2D eigenvalue weighted by Gasteiger charge is -2.31. The number of rotatable bonds is 10. The molecule has 2 N–H and O–H groups in total. The minimum absolute atomic E-state index is 0.0401. The van der Waals surface area contributed by atoms with Gasteiger partial charge in [-0.1, -0.05) is 52.4 Å². The summed E-state index contributed by atoms with van der Waals surface area (Å²) >= 11 is 0. The summed E-state index contributed by atoms with van der Waals surface area (Å²) in [6.07, 6.45) is 12.9. The second-order valence-electron chi connectivity index (χ2n) is 12.7. The van der Waals surface area contributed by atoms with Crippen molar-refractivity contribution in [2.45, 2.75) is 159 Å². The number of nitrogens with one attached hydrogen (secondary N) is 1. The van der Waals surface area contributed by atoms with Crippen LogP contribution in [0.5, 0.6) is 0 Å². The van der Waals surface area contributed by atoms with Crippen molar-refractivity contribution in [3.05, 3.63) is 22.5 Å². The molecule has 3 fully saturated rings. The molecule has 7 heteroatoms. The molecule has 39 heavy (non-hydrogen) atoms. The average Bonchev–Trinajstić information content (AvgIpc) is 3.29. The van der Waals surface area contributed by atoms with Crippen LogP contribution < -0.4 is 5.32 Å². The third kappa shape index (κ3) is 7.45. The highest BCUT2D eigenvalue weighted by Gasteiger charge is 2.37. The molecule has 4 rings (SSSR count). The van der Waals surface area contributed by atoms with Crippen molar-refractivity contribution in [1.82, 2.24) is 9.88 Å². The molecule has 0 bridgehead atoms. The molecule has 0 spiro atoms. The lowest BCUT2D eigenvalue weighted by molar-refractivity contribution is -0.142. The highest BCUT2D eigenvalue weighted by Crippen LogP contribution is 2.47. The Balaban J connectivity index is 1.79. The fraction of sp³-hybridized carbons (Fsp3) is 0.812. The van der Waals surface area contributed by atoms with Crippen molar-refractivity contribution in [3.63, 3.8) is 0 Å². The van der Waals surface area contributed by atoms with Gasteiger partial charge in [0, 0.05) is 24.0 Å². The van der Waals surface area contributed by atoms with E-state index in [4.69, 9.17) is 4.74 Å². The van der Waals surface area contributed by atoms with Crippen LogP contribution in [0.2, 0.25) is 0 Å². The van der Waals surface area contributed by atoms with E-state index in [1.54, 1.807) is 0 Å². The van der Waals surface area contributed by atoms with Gasteiger partial charge in [-0.3, -0.25) is 9.59 Å². The summed E-state index contributed by atoms with van der Waals surface area (Å²) in [5.41, 5.74) is 4.35. The predicted molar refractivity (Wildman–Crippen MR) is 152 cm³/mol. The number of nitrogens with zero attached hydrogens (tertiary/aromatic N) is 1. The molecule has 1 heterocycles. The Bertz CT molecular complexity index is 954. The summed E-state index contributed by atoms with van der Waals surface area (Å²) in [5.74, 6) is 0.294. The Morgan fingerprint density at radius 1 is 0.949 bits per heavy atom. The zero-order chi connectivity index (χ0) is 27.9. The number of amides is 1. The SMILES string of the molecule is COC(=O)C[C@H](O)CCn1c(C(C)C)c(C(=O)NC2CCCCC2)c(C2CCCCC2)c1C1CCC(F)CC1. The van der Waals surface area contributed by atoms with E-state index >= 15 is 0 Å². The maximum atomic E-state index is 14.3. The van der Waals surface area contributed by atoms with Gasteiger partial charge in [-0.05, 0) is 81.1 Å². The second-order valence-corrected chi connectivity index (χ2v) is 12.7. The van der Waals surface area contributed by atoms with E-state index in [9.17, 15) is 19.1 Å². The molecule has 6 nitrogen and oxygen atoms in total. The van der Waals surface area contributed by atoms with Crippen molar-refractivity contribution in [2.75, 3.05) is 7.11 Å². The van der Waals surface area contributed by atoms with Crippen LogP contribution in [0.1, 0.15) is 162 Å². The number of carbonyl (C=O) groups is 2. The lowest BCUT2D eigenvalue weighted by atomic mass is 9.77. The van der Waals surface area contributed by atoms with Gasteiger partial charge in [-0.25, -0.2) is 4.39 Å². The van der Waals surface area contributed by atoms with Crippen molar-refractivity contribution < 1.29 is 23.8 Å². The molecule has 0 aromatic carbocycles. The van der Waals surface area contributed by atoms with Gasteiger partial charge in [0.25, 0.3) is 5.91 Å². The molecular formula is C32H51FN2O4. The summed E-state index contributed by atoms with van der Waals surface area (Å²) in [6, 6.07) is 0.223. The topological polar surface area (TPSA) is 80.6 Å². The Morgan fingerprint density at radius 3 is 2.15 bits per heavy atom. The molecule has 3 saturated carbocycles. The van der Waals surface area contributed by atoms with Crippen molar-refractivity contribution in [3.8, 4) is 0 Å². The monoisotopic (exact) mass is 546 g/mol. The Labute approximate surface area is 234 Å². The first-order valence-electron chi connectivity index (χ1n) is 15.8. The maximum Gasteiger partial charge on any atom is 0.308 e. The van der Waals surface area contributed by atoms with Gasteiger partial charge in [-0.15, -0.1) is 0 Å². The molecule has 0 saturated heterocycles. The minimum atomic E-state index is -0.813. The standard InChI is InChI=1S/C32H51FN2O4/c1-21(2)30-29(32(38)34-25-12-8-5-9-13-25)28(22-10-6-4-7-11-22)31(23-14-16-24(33)17-15-23)35(30)19-18-26(36)20-27(37)39-3/h21-26,36H,4-20H2,1-3H3,(H,34,38)/t23?,24?,26-/m1/s1. The molecule has 1 aromatic rings. The first kappa shape index (κ1) is 30.1. The number of methoxy groups -OCH3 is 1. The molecule has 3 aliphatic rings. The number of esters is 1. The fourth-order valence-corrected chi connectivity index (χ4v) is 7.49. The van der Waals surface area contributed by atoms with E-state index in [1.807, 2.05) is 0 Å².